The Hall–Kier alpha value is -1.11. The number of pyridine rings is 1. The van der Waals surface area contributed by atoms with E-state index in [1.807, 2.05) is 31.4 Å². The second kappa shape index (κ2) is 15.8. The quantitative estimate of drug-likeness (QED) is 0.529. The van der Waals surface area contributed by atoms with Crippen molar-refractivity contribution in [2.24, 2.45) is 0 Å². The molecule has 0 atom stereocenters. The first-order chi connectivity index (χ1) is 10.3. The molecule has 0 aliphatic heterocycles. The molecule has 1 rings (SSSR count). The van der Waals surface area contributed by atoms with Crippen LogP contribution in [0.25, 0.3) is 0 Å². The maximum atomic E-state index is 9.19. The summed E-state index contributed by atoms with van der Waals surface area (Å²) < 4.78 is 51.7. The summed E-state index contributed by atoms with van der Waals surface area (Å²) >= 11 is 0. The Labute approximate surface area is 138 Å². The van der Waals surface area contributed by atoms with Crippen molar-refractivity contribution in [3.63, 3.8) is 0 Å². The van der Waals surface area contributed by atoms with Gasteiger partial charge in [0.15, 0.2) is 0 Å². The lowest BCUT2D eigenvalue weighted by atomic mass is 10.3. The van der Waals surface area contributed by atoms with Gasteiger partial charge in [-0.15, -0.1) is 0 Å². The number of aliphatic hydroxyl groups is 1. The van der Waals surface area contributed by atoms with Gasteiger partial charge in [0.05, 0.1) is 12.5 Å². The van der Waals surface area contributed by atoms with E-state index in [4.69, 9.17) is 14.2 Å². The fraction of sp³-hybridized carbons (Fsp3) is 0.583. The standard InChI is InChI=1S/C8H12N2.C2H6O.2CH4O3S/c1-9-7-5-8-4-2-3-6-10-8;1-2-3;2*1-5(2,3)4/h2-4,6,9H,5,7H2,1H3;3H,2H2,1H3;2*1H3,(H,2,3,4). The topological polar surface area (TPSA) is 154 Å². The summed E-state index contributed by atoms with van der Waals surface area (Å²) in [6.45, 7) is 2.93. The van der Waals surface area contributed by atoms with Crippen molar-refractivity contribution >= 4 is 20.2 Å². The SMILES string of the molecule is CCO.CNCCc1ccccn1.CS(=O)(=O)O.CS(=O)(=O)O. The number of hydrogen-bond acceptors (Lipinski definition) is 7. The molecule has 11 heteroatoms. The normalized spacial score (nSPS) is 10.0. The molecule has 23 heavy (non-hydrogen) atoms. The number of aliphatic hydroxyl groups excluding tert-OH is 1. The summed E-state index contributed by atoms with van der Waals surface area (Å²) in [7, 11) is -5.39. The van der Waals surface area contributed by atoms with Crippen LogP contribution < -0.4 is 5.32 Å². The average Bonchev–Trinajstić information content (AvgIpc) is 2.34. The van der Waals surface area contributed by atoms with Crippen LogP contribution in [-0.4, -0.2) is 68.7 Å². The van der Waals surface area contributed by atoms with Gasteiger partial charge in [-0.05, 0) is 26.1 Å². The molecule has 0 fully saturated rings. The van der Waals surface area contributed by atoms with Gasteiger partial charge >= 0.3 is 0 Å². The monoisotopic (exact) mass is 374 g/mol. The third kappa shape index (κ3) is 62.9. The van der Waals surface area contributed by atoms with Gasteiger partial charge in [-0.3, -0.25) is 14.1 Å². The van der Waals surface area contributed by atoms with Crippen LogP contribution in [0.4, 0.5) is 0 Å². The molecule has 138 valence electrons. The maximum absolute atomic E-state index is 9.19. The Morgan fingerprint density at radius 1 is 1.09 bits per heavy atom. The molecular weight excluding hydrogens is 348 g/mol. The molecule has 0 amide bonds. The van der Waals surface area contributed by atoms with Crippen LogP contribution in [0, 0.1) is 0 Å². The molecule has 0 bridgehead atoms. The third-order valence-electron chi connectivity index (χ3n) is 1.36. The number of hydrogen-bond donors (Lipinski definition) is 4. The second-order valence-corrected chi connectivity index (χ2v) is 6.89. The second-order valence-electron chi connectivity index (χ2n) is 3.96. The van der Waals surface area contributed by atoms with Crippen molar-refractivity contribution in [2.75, 3.05) is 32.7 Å². The Bertz CT molecular complexity index is 514. The van der Waals surface area contributed by atoms with Gasteiger partial charge in [-0.2, -0.15) is 16.8 Å². The molecule has 0 radical (unpaired) electrons. The minimum Gasteiger partial charge on any atom is -0.397 e. The Morgan fingerprint density at radius 3 is 1.74 bits per heavy atom. The van der Waals surface area contributed by atoms with Gasteiger partial charge in [0.2, 0.25) is 0 Å². The summed E-state index contributed by atoms with van der Waals surface area (Å²) in [6, 6.07) is 5.98. The number of nitrogens with one attached hydrogen (secondary N) is 1. The molecule has 0 aliphatic rings. The predicted molar refractivity (Wildman–Crippen MR) is 89.6 cm³/mol. The van der Waals surface area contributed by atoms with Crippen LogP contribution in [0.1, 0.15) is 12.6 Å². The van der Waals surface area contributed by atoms with Crippen molar-refractivity contribution in [1.82, 2.24) is 10.3 Å². The van der Waals surface area contributed by atoms with Crippen LogP contribution in [0.2, 0.25) is 0 Å². The summed E-state index contributed by atoms with van der Waals surface area (Å²) in [5, 5.41) is 10.6. The molecule has 0 unspecified atom stereocenters. The summed E-state index contributed by atoms with van der Waals surface area (Å²) in [5.74, 6) is 0. The molecule has 0 aliphatic carbocycles. The highest BCUT2D eigenvalue weighted by Gasteiger charge is 1.88. The predicted octanol–water partition coefficient (Wildman–Crippen LogP) is -0.150. The molecule has 0 spiro atoms. The third-order valence-corrected chi connectivity index (χ3v) is 1.36. The molecule has 1 aromatic rings. The van der Waals surface area contributed by atoms with Gasteiger partial charge in [0.25, 0.3) is 20.2 Å². The molecule has 1 heterocycles. The lowest BCUT2D eigenvalue weighted by molar-refractivity contribution is 0.318. The van der Waals surface area contributed by atoms with Gasteiger partial charge < -0.3 is 10.4 Å². The fourth-order valence-electron chi connectivity index (χ4n) is 0.799. The fourth-order valence-corrected chi connectivity index (χ4v) is 0.799. The van der Waals surface area contributed by atoms with E-state index < -0.39 is 20.2 Å². The van der Waals surface area contributed by atoms with Crippen molar-refractivity contribution in [2.45, 2.75) is 13.3 Å². The summed E-state index contributed by atoms with van der Waals surface area (Å²) in [4.78, 5) is 4.18. The van der Waals surface area contributed by atoms with E-state index in [2.05, 4.69) is 10.3 Å². The minimum absolute atomic E-state index is 0.250. The van der Waals surface area contributed by atoms with Crippen molar-refractivity contribution in [3.05, 3.63) is 30.1 Å². The van der Waals surface area contributed by atoms with E-state index in [0.29, 0.717) is 12.5 Å². The molecule has 4 N–H and O–H groups in total. The highest BCUT2D eigenvalue weighted by Crippen LogP contribution is 1.92. The van der Waals surface area contributed by atoms with Crippen molar-refractivity contribution in [3.8, 4) is 0 Å². The minimum atomic E-state index is -3.67. The Morgan fingerprint density at radius 2 is 1.48 bits per heavy atom. The van der Waals surface area contributed by atoms with Gasteiger partial charge in [0.1, 0.15) is 0 Å². The summed E-state index contributed by atoms with van der Waals surface area (Å²) in [6.07, 6.45) is 4.27. The zero-order valence-electron chi connectivity index (χ0n) is 13.7. The van der Waals surface area contributed by atoms with Crippen LogP contribution >= 0.6 is 0 Å². The highest BCUT2D eigenvalue weighted by molar-refractivity contribution is 7.85. The first-order valence-electron chi connectivity index (χ1n) is 6.35. The van der Waals surface area contributed by atoms with Crippen LogP contribution in [0.15, 0.2) is 24.4 Å². The average molecular weight is 374 g/mol. The van der Waals surface area contributed by atoms with Crippen LogP contribution in [0.3, 0.4) is 0 Å². The van der Waals surface area contributed by atoms with E-state index >= 15 is 0 Å². The molecule has 0 saturated heterocycles. The maximum Gasteiger partial charge on any atom is 0.261 e. The number of likely N-dealkylation sites (N-methyl/N-ethyl adjacent to an activating group) is 1. The Kier molecular flexibility index (Phi) is 18.4. The van der Waals surface area contributed by atoms with E-state index in [1.165, 1.54) is 0 Å². The number of nitrogens with zero attached hydrogens (tertiary/aromatic N) is 1. The van der Waals surface area contributed by atoms with Gasteiger partial charge in [0, 0.05) is 31.5 Å². The van der Waals surface area contributed by atoms with Crippen molar-refractivity contribution in [1.29, 1.82) is 0 Å². The largest absolute Gasteiger partial charge is 0.397 e. The zero-order valence-corrected chi connectivity index (χ0v) is 15.3. The number of rotatable bonds is 3. The van der Waals surface area contributed by atoms with E-state index in [9.17, 15) is 16.8 Å². The highest BCUT2D eigenvalue weighted by atomic mass is 32.2. The lowest BCUT2D eigenvalue weighted by Gasteiger charge is -1.96. The molecule has 0 aromatic carbocycles. The first kappa shape index (κ1) is 26.8. The molecule has 0 saturated carbocycles. The molecule has 9 nitrogen and oxygen atoms in total. The van der Waals surface area contributed by atoms with Gasteiger partial charge in [-0.25, -0.2) is 0 Å². The van der Waals surface area contributed by atoms with Crippen LogP contribution in [0.5, 0.6) is 0 Å². The molecular formula is C12H26N2O7S2. The molecule has 1 aromatic heterocycles. The van der Waals surface area contributed by atoms with E-state index in [0.717, 1.165) is 18.7 Å². The van der Waals surface area contributed by atoms with Gasteiger partial charge in [-0.1, -0.05) is 6.07 Å². The van der Waals surface area contributed by atoms with Crippen molar-refractivity contribution < 1.29 is 31.0 Å². The first-order valence-corrected chi connectivity index (χ1v) is 10.0. The lowest BCUT2D eigenvalue weighted by Crippen LogP contribution is -2.10. The van der Waals surface area contributed by atoms with E-state index in [1.54, 1.807) is 6.92 Å². The Balaban J connectivity index is -0.000000263. The van der Waals surface area contributed by atoms with Crippen LogP contribution in [-0.2, 0) is 26.7 Å². The zero-order chi connectivity index (χ0) is 18.9. The number of aromatic nitrogens is 1. The summed E-state index contributed by atoms with van der Waals surface area (Å²) in [5.41, 5.74) is 1.15. The van der Waals surface area contributed by atoms with E-state index in [-0.39, 0.29) is 6.61 Å². The smallest absolute Gasteiger partial charge is 0.261 e.